The highest BCUT2D eigenvalue weighted by Crippen LogP contribution is 2.33. The third kappa shape index (κ3) is 1.63. The Bertz CT molecular complexity index is 559. The van der Waals surface area contributed by atoms with Gasteiger partial charge >= 0.3 is 6.18 Å². The van der Waals surface area contributed by atoms with Crippen molar-refractivity contribution in [3.8, 4) is 0 Å². The van der Waals surface area contributed by atoms with Crippen molar-refractivity contribution in [3.63, 3.8) is 0 Å². The van der Waals surface area contributed by atoms with Gasteiger partial charge in [0, 0.05) is 13.1 Å². The average molecular weight is 253 g/mol. The summed E-state index contributed by atoms with van der Waals surface area (Å²) in [7, 11) is 1.18. The summed E-state index contributed by atoms with van der Waals surface area (Å²) in [4.78, 5) is 3.32. The summed E-state index contributed by atoms with van der Waals surface area (Å²) < 4.78 is 51.2. The van der Waals surface area contributed by atoms with E-state index in [0.717, 1.165) is 16.7 Å². The molecule has 2 aromatic rings. The molecule has 0 atom stereocenters. The minimum absolute atomic E-state index is 0.0652. The molecule has 1 heterocycles. The van der Waals surface area contributed by atoms with Crippen LogP contribution < -0.4 is 0 Å². The van der Waals surface area contributed by atoms with E-state index in [-0.39, 0.29) is 16.1 Å². The van der Waals surface area contributed by atoms with E-state index < -0.39 is 17.8 Å². The van der Waals surface area contributed by atoms with Crippen LogP contribution in [0.4, 0.5) is 17.6 Å². The zero-order valence-electron chi connectivity index (χ0n) is 7.94. The summed E-state index contributed by atoms with van der Waals surface area (Å²) in [5.74, 6) is -1.82. The zero-order chi connectivity index (χ0) is 12.1. The molecule has 0 spiro atoms. The Kier molecular flexibility index (Phi) is 2.34. The molecule has 0 aliphatic carbocycles. The Labute approximate surface area is 92.4 Å². The molecule has 0 radical (unpaired) electrons. The lowest BCUT2D eigenvalue weighted by Gasteiger charge is -2.05. The van der Waals surface area contributed by atoms with E-state index in [1.165, 1.54) is 7.05 Å². The number of hydrogen-bond donors (Lipinski definition) is 0. The number of imidazole rings is 1. The molecule has 0 saturated carbocycles. The van der Waals surface area contributed by atoms with E-state index in [1.54, 1.807) is 0 Å². The molecule has 16 heavy (non-hydrogen) atoms. The number of nitrogens with zero attached hydrogens (tertiary/aromatic N) is 2. The van der Waals surface area contributed by atoms with Gasteiger partial charge in [-0.05, 0) is 6.07 Å². The molecule has 0 N–H and O–H groups in total. The van der Waals surface area contributed by atoms with Crippen molar-refractivity contribution in [1.82, 2.24) is 9.55 Å². The van der Waals surface area contributed by atoms with Crippen LogP contribution in [0.15, 0.2) is 12.1 Å². The highest BCUT2D eigenvalue weighted by atomic mass is 35.5. The van der Waals surface area contributed by atoms with Crippen molar-refractivity contribution in [2.75, 3.05) is 0 Å². The smallest absolute Gasteiger partial charge is 0.322 e. The van der Waals surface area contributed by atoms with Gasteiger partial charge in [-0.15, -0.1) is 0 Å². The summed E-state index contributed by atoms with van der Waals surface area (Å²) in [6, 6.07) is 1.86. The van der Waals surface area contributed by atoms with Gasteiger partial charge in [0.25, 0.3) is 0 Å². The Hall–Kier alpha value is -1.30. The monoisotopic (exact) mass is 252 g/mol. The van der Waals surface area contributed by atoms with Gasteiger partial charge in [0.05, 0.1) is 16.1 Å². The molecule has 0 aliphatic heterocycles. The molecule has 0 aliphatic rings. The molecule has 0 amide bonds. The Morgan fingerprint density at radius 2 is 1.94 bits per heavy atom. The third-order valence-corrected chi connectivity index (χ3v) is 2.43. The fourth-order valence-corrected chi connectivity index (χ4v) is 1.85. The SMILES string of the molecule is Cn1c(C(F)(F)F)nc2cc(F)cc(Cl)c21. The Morgan fingerprint density at radius 3 is 2.50 bits per heavy atom. The molecule has 0 saturated heterocycles. The van der Waals surface area contributed by atoms with Crippen molar-refractivity contribution in [2.24, 2.45) is 7.05 Å². The first-order valence-corrected chi connectivity index (χ1v) is 4.57. The molecule has 0 bridgehead atoms. The second-order valence-corrected chi connectivity index (χ2v) is 3.65. The van der Waals surface area contributed by atoms with Gasteiger partial charge < -0.3 is 4.57 Å². The van der Waals surface area contributed by atoms with Crippen LogP contribution >= 0.6 is 11.6 Å². The van der Waals surface area contributed by atoms with E-state index in [0.29, 0.717) is 0 Å². The molecule has 86 valence electrons. The maximum absolute atomic E-state index is 12.9. The van der Waals surface area contributed by atoms with E-state index in [2.05, 4.69) is 4.98 Å². The van der Waals surface area contributed by atoms with E-state index in [4.69, 9.17) is 11.6 Å². The molecular weight excluding hydrogens is 248 g/mol. The van der Waals surface area contributed by atoms with E-state index in [1.807, 2.05) is 0 Å². The number of aromatic nitrogens is 2. The van der Waals surface area contributed by atoms with Crippen LogP contribution in [0.2, 0.25) is 5.02 Å². The van der Waals surface area contributed by atoms with Gasteiger partial charge in [0.2, 0.25) is 5.82 Å². The molecule has 0 fully saturated rings. The average Bonchev–Trinajstić information content (AvgIpc) is 2.41. The lowest BCUT2D eigenvalue weighted by Crippen LogP contribution is -2.12. The van der Waals surface area contributed by atoms with Crippen molar-refractivity contribution in [1.29, 1.82) is 0 Å². The minimum atomic E-state index is -4.59. The van der Waals surface area contributed by atoms with Crippen LogP contribution in [0.1, 0.15) is 5.82 Å². The lowest BCUT2D eigenvalue weighted by molar-refractivity contribution is -0.146. The molecule has 1 aromatic carbocycles. The maximum Gasteiger partial charge on any atom is 0.449 e. The molecule has 2 rings (SSSR count). The van der Waals surface area contributed by atoms with Gasteiger partial charge in [0.15, 0.2) is 0 Å². The highest BCUT2D eigenvalue weighted by Gasteiger charge is 2.37. The normalized spacial score (nSPS) is 12.4. The second kappa shape index (κ2) is 3.35. The van der Waals surface area contributed by atoms with Crippen LogP contribution in [0.5, 0.6) is 0 Å². The van der Waals surface area contributed by atoms with Gasteiger partial charge in [0.1, 0.15) is 5.82 Å². The number of alkyl halides is 3. The van der Waals surface area contributed by atoms with Crippen molar-refractivity contribution >= 4 is 22.6 Å². The summed E-state index contributed by atoms with van der Waals surface area (Å²) >= 11 is 5.66. The topological polar surface area (TPSA) is 17.8 Å². The van der Waals surface area contributed by atoms with E-state index >= 15 is 0 Å². The van der Waals surface area contributed by atoms with Crippen molar-refractivity contribution < 1.29 is 17.6 Å². The summed E-state index contributed by atoms with van der Waals surface area (Å²) in [6.45, 7) is 0. The third-order valence-electron chi connectivity index (χ3n) is 2.14. The van der Waals surface area contributed by atoms with Crippen LogP contribution in [0.25, 0.3) is 11.0 Å². The Morgan fingerprint density at radius 1 is 1.31 bits per heavy atom. The van der Waals surface area contributed by atoms with Crippen LogP contribution in [-0.4, -0.2) is 9.55 Å². The van der Waals surface area contributed by atoms with Crippen LogP contribution in [-0.2, 0) is 13.2 Å². The number of halogens is 5. The van der Waals surface area contributed by atoms with E-state index in [9.17, 15) is 17.6 Å². The number of rotatable bonds is 0. The number of benzene rings is 1. The predicted octanol–water partition coefficient (Wildman–Crippen LogP) is 3.38. The predicted molar refractivity (Wildman–Crippen MR) is 50.7 cm³/mol. The van der Waals surface area contributed by atoms with Crippen molar-refractivity contribution in [2.45, 2.75) is 6.18 Å². The fourth-order valence-electron chi connectivity index (χ4n) is 1.52. The van der Waals surface area contributed by atoms with Crippen molar-refractivity contribution in [3.05, 3.63) is 28.8 Å². The molecule has 2 nitrogen and oxygen atoms in total. The quantitative estimate of drug-likeness (QED) is 0.657. The number of aryl methyl sites for hydroxylation is 1. The zero-order valence-corrected chi connectivity index (χ0v) is 8.69. The second-order valence-electron chi connectivity index (χ2n) is 3.25. The lowest BCUT2D eigenvalue weighted by atomic mass is 10.3. The molecule has 7 heteroatoms. The fraction of sp³-hybridized carbons (Fsp3) is 0.222. The molecule has 0 unspecified atom stereocenters. The van der Waals surface area contributed by atoms with Gasteiger partial charge in [-0.2, -0.15) is 13.2 Å². The maximum atomic E-state index is 12.9. The Balaban J connectivity index is 2.83. The first-order chi connectivity index (χ1) is 7.30. The van der Waals surface area contributed by atoms with Crippen LogP contribution in [0.3, 0.4) is 0 Å². The van der Waals surface area contributed by atoms with Crippen LogP contribution in [0, 0.1) is 5.82 Å². The molecular formula is C9H5ClF4N2. The number of hydrogen-bond acceptors (Lipinski definition) is 1. The van der Waals surface area contributed by atoms with Gasteiger partial charge in [-0.3, -0.25) is 0 Å². The standard InChI is InChI=1S/C9H5ClF4N2/c1-16-7-5(10)2-4(11)3-6(7)15-8(16)9(12,13)14/h2-3H,1H3. The first-order valence-electron chi connectivity index (χ1n) is 4.19. The van der Waals surface area contributed by atoms with Gasteiger partial charge in [-0.25, -0.2) is 9.37 Å². The largest absolute Gasteiger partial charge is 0.449 e. The highest BCUT2D eigenvalue weighted by molar-refractivity contribution is 6.35. The summed E-state index contributed by atoms with van der Waals surface area (Å²) in [5, 5.41) is -0.0968. The van der Waals surface area contributed by atoms with Gasteiger partial charge in [-0.1, -0.05) is 11.6 Å². The summed E-state index contributed by atoms with van der Waals surface area (Å²) in [6.07, 6.45) is -4.59. The first kappa shape index (κ1) is 11.2. The molecule has 1 aromatic heterocycles. The summed E-state index contributed by atoms with van der Waals surface area (Å²) in [5.41, 5.74) is -0.0461. The number of fused-ring (bicyclic) bond motifs is 1. The minimum Gasteiger partial charge on any atom is -0.322 e.